The summed E-state index contributed by atoms with van der Waals surface area (Å²) in [6.07, 6.45) is 5.77. The molecule has 0 unspecified atom stereocenters. The fourth-order valence-corrected chi connectivity index (χ4v) is 5.92. The van der Waals surface area contributed by atoms with Gasteiger partial charge < -0.3 is 20.7 Å². The van der Waals surface area contributed by atoms with Crippen molar-refractivity contribution in [2.75, 3.05) is 23.7 Å². The zero-order valence-electron chi connectivity index (χ0n) is 23.6. The van der Waals surface area contributed by atoms with Crippen molar-refractivity contribution in [3.05, 3.63) is 82.6 Å². The van der Waals surface area contributed by atoms with Crippen LogP contribution in [0.3, 0.4) is 0 Å². The molecule has 0 radical (unpaired) electrons. The Kier molecular flexibility index (Phi) is 8.07. The third-order valence-corrected chi connectivity index (χ3v) is 8.46. The number of aromatic nitrogens is 4. The summed E-state index contributed by atoms with van der Waals surface area (Å²) in [5, 5.41) is 15.9. The Morgan fingerprint density at radius 3 is 2.78 bits per heavy atom. The lowest BCUT2D eigenvalue weighted by Gasteiger charge is -2.23. The molecular weight excluding hydrogens is 530 g/mol. The summed E-state index contributed by atoms with van der Waals surface area (Å²) in [6, 6.07) is 16.6. The lowest BCUT2D eigenvalue weighted by atomic mass is 10.0. The maximum absolute atomic E-state index is 6.60. The van der Waals surface area contributed by atoms with Crippen LogP contribution in [-0.2, 0) is 6.54 Å². The molecule has 0 saturated carbocycles. The minimum Gasteiger partial charge on any atom is -0.437 e. The van der Waals surface area contributed by atoms with E-state index < -0.39 is 0 Å². The number of anilines is 2. The number of ether oxygens (including phenoxy) is 1. The monoisotopic (exact) mass is 565 g/mol. The van der Waals surface area contributed by atoms with E-state index in [1.54, 1.807) is 23.7 Å². The predicted octanol–water partition coefficient (Wildman–Crippen LogP) is 7.15. The van der Waals surface area contributed by atoms with Crippen molar-refractivity contribution in [3.63, 3.8) is 0 Å². The summed E-state index contributed by atoms with van der Waals surface area (Å²) in [5.41, 5.74) is 4.70. The van der Waals surface area contributed by atoms with Crippen LogP contribution in [-0.4, -0.2) is 39.1 Å². The van der Waals surface area contributed by atoms with Crippen LogP contribution >= 0.6 is 11.3 Å². The molecule has 5 aromatic rings. The third kappa shape index (κ3) is 6.16. The molecule has 1 aliphatic rings. The smallest absolute Gasteiger partial charge is 0.228 e. The molecule has 1 fully saturated rings. The largest absolute Gasteiger partial charge is 0.437 e. The standard InChI is InChI=1S/C32H35N7OS/c1-20(2)31-37-23(19-41-31)18-36-27-10-4-8-25-24(27)12-11-21(3)29(25)40-30-26(9-6-15-34-30)28-13-16-35-32(39-28)38-22-7-5-14-33-17-22/h4,6,8-13,15-16,19-20,22,33,36H,5,7,14,17-18H2,1-3H3,(H,35,38,39)/t22-/m0/s1. The van der Waals surface area contributed by atoms with Gasteiger partial charge in [0, 0.05) is 52.7 Å². The first kappa shape index (κ1) is 27.1. The fraction of sp³-hybridized carbons (Fsp3) is 0.312. The van der Waals surface area contributed by atoms with Crippen LogP contribution in [0, 0.1) is 6.92 Å². The average molecular weight is 566 g/mol. The lowest BCUT2D eigenvalue weighted by molar-refractivity contribution is 0.466. The van der Waals surface area contributed by atoms with Gasteiger partial charge in [0.2, 0.25) is 11.8 Å². The van der Waals surface area contributed by atoms with E-state index in [-0.39, 0.29) is 0 Å². The maximum Gasteiger partial charge on any atom is 0.228 e. The van der Waals surface area contributed by atoms with Crippen molar-refractivity contribution in [1.82, 2.24) is 25.3 Å². The highest BCUT2D eigenvalue weighted by molar-refractivity contribution is 7.09. The molecule has 0 amide bonds. The Bertz CT molecular complexity index is 1640. The number of thiazole rings is 1. The highest BCUT2D eigenvalue weighted by Crippen LogP contribution is 2.38. The molecule has 2 aromatic carbocycles. The molecule has 210 valence electrons. The molecule has 1 aliphatic heterocycles. The topological polar surface area (TPSA) is 96.9 Å². The first-order chi connectivity index (χ1) is 20.0. The number of nitrogens with zero attached hydrogens (tertiary/aromatic N) is 4. The molecule has 9 heteroatoms. The number of piperidine rings is 1. The number of fused-ring (bicyclic) bond motifs is 1. The Hall–Kier alpha value is -4.08. The van der Waals surface area contributed by atoms with Crippen molar-refractivity contribution in [1.29, 1.82) is 0 Å². The molecule has 0 spiro atoms. The van der Waals surface area contributed by atoms with Crippen molar-refractivity contribution in [2.45, 2.75) is 52.1 Å². The molecular formula is C32H35N7OS. The van der Waals surface area contributed by atoms with Gasteiger partial charge in [0.1, 0.15) is 5.75 Å². The van der Waals surface area contributed by atoms with E-state index in [4.69, 9.17) is 14.7 Å². The van der Waals surface area contributed by atoms with E-state index >= 15 is 0 Å². The Morgan fingerprint density at radius 1 is 1.02 bits per heavy atom. The second kappa shape index (κ2) is 12.2. The van der Waals surface area contributed by atoms with Gasteiger partial charge in [-0.2, -0.15) is 0 Å². The van der Waals surface area contributed by atoms with E-state index in [1.165, 1.54) is 0 Å². The van der Waals surface area contributed by atoms with Gasteiger partial charge in [0.25, 0.3) is 0 Å². The number of aryl methyl sites for hydroxylation is 1. The van der Waals surface area contributed by atoms with Crippen LogP contribution in [0.1, 0.15) is 48.9 Å². The van der Waals surface area contributed by atoms with Gasteiger partial charge in [-0.15, -0.1) is 11.3 Å². The quantitative estimate of drug-likeness (QED) is 0.173. The highest BCUT2D eigenvalue weighted by Gasteiger charge is 2.17. The van der Waals surface area contributed by atoms with Crippen LogP contribution in [0.5, 0.6) is 11.6 Å². The predicted molar refractivity (Wildman–Crippen MR) is 167 cm³/mol. The lowest BCUT2D eigenvalue weighted by Crippen LogP contribution is -2.38. The summed E-state index contributed by atoms with van der Waals surface area (Å²) in [6.45, 7) is 9.05. The van der Waals surface area contributed by atoms with Crippen molar-refractivity contribution in [3.8, 4) is 22.9 Å². The maximum atomic E-state index is 6.60. The fourth-order valence-electron chi connectivity index (χ4n) is 5.08. The average Bonchev–Trinajstić information content (AvgIpc) is 3.48. The van der Waals surface area contributed by atoms with Crippen molar-refractivity contribution < 1.29 is 4.74 Å². The molecule has 8 nitrogen and oxygen atoms in total. The summed E-state index contributed by atoms with van der Waals surface area (Å²) in [4.78, 5) is 18.7. The normalized spacial score (nSPS) is 15.3. The van der Waals surface area contributed by atoms with E-state index in [1.807, 2.05) is 18.2 Å². The number of rotatable bonds is 9. The van der Waals surface area contributed by atoms with Crippen LogP contribution in [0.2, 0.25) is 0 Å². The number of benzene rings is 2. The summed E-state index contributed by atoms with van der Waals surface area (Å²) in [7, 11) is 0. The molecule has 0 bridgehead atoms. The molecule has 3 N–H and O–H groups in total. The van der Waals surface area contributed by atoms with E-state index in [2.05, 4.69) is 82.4 Å². The third-order valence-electron chi connectivity index (χ3n) is 7.26. The first-order valence-corrected chi connectivity index (χ1v) is 15.1. The molecule has 1 saturated heterocycles. The molecule has 0 aliphatic carbocycles. The summed E-state index contributed by atoms with van der Waals surface area (Å²) >= 11 is 1.72. The molecule has 1 atom stereocenters. The first-order valence-electron chi connectivity index (χ1n) is 14.2. The number of hydrogen-bond donors (Lipinski definition) is 3. The molecule has 6 rings (SSSR count). The Labute approximate surface area is 244 Å². The van der Waals surface area contributed by atoms with Gasteiger partial charge in [-0.1, -0.05) is 38.1 Å². The number of hydrogen-bond acceptors (Lipinski definition) is 9. The highest BCUT2D eigenvalue weighted by atomic mass is 32.1. The second-order valence-electron chi connectivity index (χ2n) is 10.7. The van der Waals surface area contributed by atoms with Gasteiger partial charge >= 0.3 is 0 Å². The van der Waals surface area contributed by atoms with Crippen LogP contribution in [0.4, 0.5) is 11.6 Å². The Morgan fingerprint density at radius 2 is 1.95 bits per heavy atom. The van der Waals surface area contributed by atoms with Crippen LogP contribution < -0.4 is 20.7 Å². The van der Waals surface area contributed by atoms with E-state index in [0.717, 1.165) is 75.7 Å². The minimum absolute atomic E-state index is 0.317. The van der Waals surface area contributed by atoms with Gasteiger partial charge in [-0.05, 0) is 56.1 Å². The van der Waals surface area contributed by atoms with Gasteiger partial charge in [-0.25, -0.2) is 19.9 Å². The summed E-state index contributed by atoms with van der Waals surface area (Å²) < 4.78 is 6.60. The minimum atomic E-state index is 0.317. The Balaban J connectivity index is 1.28. The SMILES string of the molecule is Cc1ccc2c(NCc3csc(C(C)C)n3)cccc2c1Oc1ncccc1-c1ccnc(N[C@H]2CCCNC2)n1. The molecule has 4 heterocycles. The van der Waals surface area contributed by atoms with Gasteiger partial charge in [0.05, 0.1) is 28.5 Å². The van der Waals surface area contributed by atoms with Crippen LogP contribution in [0.25, 0.3) is 22.0 Å². The summed E-state index contributed by atoms with van der Waals surface area (Å²) in [5.74, 6) is 2.34. The van der Waals surface area contributed by atoms with E-state index in [0.29, 0.717) is 30.3 Å². The van der Waals surface area contributed by atoms with E-state index in [9.17, 15) is 0 Å². The molecule has 3 aromatic heterocycles. The van der Waals surface area contributed by atoms with Crippen LogP contribution in [0.15, 0.2) is 66.3 Å². The number of nitrogens with one attached hydrogen (secondary N) is 3. The molecule has 41 heavy (non-hydrogen) atoms. The number of pyridine rings is 1. The van der Waals surface area contributed by atoms with Gasteiger partial charge in [0.15, 0.2) is 0 Å². The zero-order valence-corrected chi connectivity index (χ0v) is 24.5. The zero-order chi connectivity index (χ0) is 28.2. The van der Waals surface area contributed by atoms with Gasteiger partial charge in [-0.3, -0.25) is 0 Å². The van der Waals surface area contributed by atoms with Crippen molar-refractivity contribution in [2.24, 2.45) is 0 Å². The second-order valence-corrected chi connectivity index (χ2v) is 11.6. The van der Waals surface area contributed by atoms with Crippen molar-refractivity contribution >= 4 is 33.7 Å².